The van der Waals surface area contributed by atoms with Gasteiger partial charge < -0.3 is 18.9 Å². The molecule has 0 radical (unpaired) electrons. The number of ether oxygens (including phenoxy) is 2. The average molecular weight is 374 g/mol. The zero-order chi connectivity index (χ0) is 19.1. The second-order valence-corrected chi connectivity index (χ2v) is 6.87. The molecule has 0 aromatic carbocycles. The Bertz CT molecular complexity index is 970. The number of aromatic nitrogens is 3. The lowest BCUT2D eigenvalue weighted by Crippen LogP contribution is -2.33. The molecule has 2 aromatic heterocycles. The highest BCUT2D eigenvalue weighted by molar-refractivity contribution is 5.97. The van der Waals surface area contributed by atoms with Crippen molar-refractivity contribution in [1.29, 1.82) is 0 Å². The molecule has 4 heterocycles. The van der Waals surface area contributed by atoms with E-state index in [1.165, 1.54) is 11.6 Å². The van der Waals surface area contributed by atoms with Crippen LogP contribution in [-0.2, 0) is 33.8 Å². The van der Waals surface area contributed by atoms with Crippen molar-refractivity contribution in [3.63, 3.8) is 0 Å². The fourth-order valence-electron chi connectivity index (χ4n) is 3.77. The second kappa shape index (κ2) is 6.80. The van der Waals surface area contributed by atoms with E-state index in [-0.39, 0.29) is 36.4 Å². The summed E-state index contributed by atoms with van der Waals surface area (Å²) in [6.07, 6.45) is 2.50. The summed E-state index contributed by atoms with van der Waals surface area (Å²) in [6, 6.07) is 1.74. The van der Waals surface area contributed by atoms with Gasteiger partial charge in [0.25, 0.3) is 11.5 Å². The molecule has 2 aliphatic heterocycles. The summed E-state index contributed by atoms with van der Waals surface area (Å²) < 4.78 is 13.2. The van der Waals surface area contributed by atoms with Crippen molar-refractivity contribution in [3.8, 4) is 0 Å². The number of esters is 1. The molecule has 1 unspecified atom stereocenters. The number of methoxy groups -OCH3 is 1. The zero-order valence-corrected chi connectivity index (χ0v) is 15.4. The molecule has 1 saturated heterocycles. The van der Waals surface area contributed by atoms with Crippen molar-refractivity contribution in [3.05, 3.63) is 33.4 Å². The van der Waals surface area contributed by atoms with Crippen LogP contribution in [0.5, 0.6) is 0 Å². The van der Waals surface area contributed by atoms with Crippen molar-refractivity contribution in [2.45, 2.75) is 45.4 Å². The predicted molar refractivity (Wildman–Crippen MR) is 94.6 cm³/mol. The summed E-state index contributed by atoms with van der Waals surface area (Å²) in [5, 5.41) is 4.33. The second-order valence-electron chi connectivity index (χ2n) is 6.87. The fourth-order valence-corrected chi connectivity index (χ4v) is 3.77. The largest absolute Gasteiger partial charge is 0.468 e. The highest BCUT2D eigenvalue weighted by Gasteiger charge is 2.36. The summed E-state index contributed by atoms with van der Waals surface area (Å²) in [6.45, 7) is 3.11. The molecule has 0 aliphatic carbocycles. The SMILES string of the molecule is CCc1cc2n(CC(=O)OC)c3c(c(=O)n2n1)CN(CC1CCCO1)C3=O. The van der Waals surface area contributed by atoms with Crippen molar-refractivity contribution in [2.24, 2.45) is 0 Å². The fraction of sp³-hybridized carbons (Fsp3) is 0.556. The van der Waals surface area contributed by atoms with Crippen LogP contribution in [-0.4, -0.2) is 57.3 Å². The molecule has 0 bridgehead atoms. The molecular weight excluding hydrogens is 352 g/mol. The third kappa shape index (κ3) is 2.91. The molecule has 0 N–H and O–H groups in total. The highest BCUT2D eigenvalue weighted by atomic mass is 16.5. The van der Waals surface area contributed by atoms with E-state index >= 15 is 0 Å². The minimum absolute atomic E-state index is 0.0109. The first kappa shape index (κ1) is 17.7. The molecule has 4 rings (SSSR count). The lowest BCUT2D eigenvalue weighted by atomic mass is 10.2. The van der Waals surface area contributed by atoms with Crippen LogP contribution in [0.2, 0.25) is 0 Å². The molecule has 144 valence electrons. The van der Waals surface area contributed by atoms with Gasteiger partial charge >= 0.3 is 5.97 Å². The minimum Gasteiger partial charge on any atom is -0.468 e. The van der Waals surface area contributed by atoms with Crippen LogP contribution in [0.15, 0.2) is 10.9 Å². The highest BCUT2D eigenvalue weighted by Crippen LogP contribution is 2.25. The number of rotatable bonds is 5. The van der Waals surface area contributed by atoms with Crippen LogP contribution in [0.1, 0.15) is 41.5 Å². The molecule has 2 aromatic rings. The molecule has 0 spiro atoms. The van der Waals surface area contributed by atoms with Gasteiger partial charge in [0.1, 0.15) is 17.9 Å². The van der Waals surface area contributed by atoms with Crippen molar-refractivity contribution in [2.75, 3.05) is 20.3 Å². The number of nitrogens with zero attached hydrogens (tertiary/aromatic N) is 4. The Balaban J connectivity index is 1.82. The molecule has 1 fully saturated rings. The Kier molecular flexibility index (Phi) is 4.47. The average Bonchev–Trinajstić information content (AvgIpc) is 3.39. The van der Waals surface area contributed by atoms with Gasteiger partial charge in [0.2, 0.25) is 0 Å². The summed E-state index contributed by atoms with van der Waals surface area (Å²) >= 11 is 0. The Hall–Kier alpha value is -2.68. The number of hydrogen-bond donors (Lipinski definition) is 0. The number of aryl methyl sites for hydroxylation is 1. The van der Waals surface area contributed by atoms with Gasteiger partial charge in [-0.2, -0.15) is 9.61 Å². The van der Waals surface area contributed by atoms with Crippen molar-refractivity contribution < 1.29 is 19.1 Å². The van der Waals surface area contributed by atoms with Crippen LogP contribution >= 0.6 is 0 Å². The van der Waals surface area contributed by atoms with Gasteiger partial charge in [-0.05, 0) is 19.3 Å². The van der Waals surface area contributed by atoms with Crippen molar-refractivity contribution >= 4 is 17.5 Å². The number of hydrogen-bond acceptors (Lipinski definition) is 6. The van der Waals surface area contributed by atoms with E-state index in [0.29, 0.717) is 30.8 Å². The molecule has 2 aliphatic rings. The molecule has 27 heavy (non-hydrogen) atoms. The number of amides is 1. The Morgan fingerprint density at radius 1 is 1.41 bits per heavy atom. The first-order valence-electron chi connectivity index (χ1n) is 9.15. The Labute approximate surface area is 155 Å². The molecule has 0 saturated carbocycles. The molecular formula is C18H22N4O5. The minimum atomic E-state index is -0.493. The third-order valence-electron chi connectivity index (χ3n) is 5.19. The maximum Gasteiger partial charge on any atom is 0.325 e. The normalized spacial score (nSPS) is 19.1. The van der Waals surface area contributed by atoms with Gasteiger partial charge in [-0.15, -0.1) is 0 Å². The van der Waals surface area contributed by atoms with Gasteiger partial charge in [-0.25, -0.2) is 0 Å². The molecule has 1 amide bonds. The third-order valence-corrected chi connectivity index (χ3v) is 5.19. The predicted octanol–water partition coefficient (Wildman–Crippen LogP) is 0.366. The van der Waals surface area contributed by atoms with E-state index in [4.69, 9.17) is 9.47 Å². The summed E-state index contributed by atoms with van der Waals surface area (Å²) in [7, 11) is 1.29. The van der Waals surface area contributed by atoms with E-state index in [0.717, 1.165) is 18.5 Å². The zero-order valence-electron chi connectivity index (χ0n) is 15.4. The lowest BCUT2D eigenvalue weighted by molar-refractivity contribution is -0.141. The van der Waals surface area contributed by atoms with Gasteiger partial charge in [0.15, 0.2) is 0 Å². The first-order chi connectivity index (χ1) is 13.0. The standard InChI is InChI=1S/C18H22N4O5/c1-3-11-7-14-21(10-15(23)26-2)16-13(17(24)22(14)19-11)9-20(18(16)25)8-12-5-4-6-27-12/h7,12H,3-6,8-10H2,1-2H3. The number of carbonyl (C=O) groups is 2. The van der Waals surface area contributed by atoms with Gasteiger partial charge in [-0.1, -0.05) is 6.92 Å². The maximum atomic E-state index is 13.1. The molecule has 1 atom stereocenters. The quantitative estimate of drug-likeness (QED) is 0.702. The van der Waals surface area contributed by atoms with Crippen LogP contribution in [0, 0.1) is 0 Å². The smallest absolute Gasteiger partial charge is 0.325 e. The summed E-state index contributed by atoms with van der Waals surface area (Å²) in [5.74, 6) is -0.754. The number of fused-ring (bicyclic) bond motifs is 2. The lowest BCUT2D eigenvalue weighted by Gasteiger charge is -2.19. The van der Waals surface area contributed by atoms with E-state index in [9.17, 15) is 14.4 Å². The maximum absolute atomic E-state index is 13.1. The first-order valence-corrected chi connectivity index (χ1v) is 9.15. The van der Waals surface area contributed by atoms with Crippen LogP contribution in [0.3, 0.4) is 0 Å². The van der Waals surface area contributed by atoms with Crippen LogP contribution in [0.25, 0.3) is 5.65 Å². The van der Waals surface area contributed by atoms with Gasteiger partial charge in [-0.3, -0.25) is 14.4 Å². The van der Waals surface area contributed by atoms with E-state index in [1.54, 1.807) is 15.5 Å². The van der Waals surface area contributed by atoms with Crippen molar-refractivity contribution in [1.82, 2.24) is 19.1 Å². The topological polar surface area (TPSA) is 95.1 Å². The summed E-state index contributed by atoms with van der Waals surface area (Å²) in [5.41, 5.74) is 1.44. The van der Waals surface area contributed by atoms with Crippen LogP contribution in [0.4, 0.5) is 0 Å². The van der Waals surface area contributed by atoms with Gasteiger partial charge in [0, 0.05) is 19.2 Å². The molecule has 9 heteroatoms. The van der Waals surface area contributed by atoms with E-state index < -0.39 is 5.97 Å². The molecule has 9 nitrogen and oxygen atoms in total. The Morgan fingerprint density at radius 2 is 2.22 bits per heavy atom. The van der Waals surface area contributed by atoms with Gasteiger partial charge in [0.05, 0.1) is 31.0 Å². The van der Waals surface area contributed by atoms with E-state index in [1.807, 2.05) is 6.92 Å². The monoisotopic (exact) mass is 374 g/mol. The van der Waals surface area contributed by atoms with Crippen LogP contribution < -0.4 is 5.56 Å². The van der Waals surface area contributed by atoms with E-state index in [2.05, 4.69) is 5.10 Å². The Morgan fingerprint density at radius 3 is 2.89 bits per heavy atom. The summed E-state index contributed by atoms with van der Waals surface area (Å²) in [4.78, 5) is 39.6. The number of carbonyl (C=O) groups excluding carboxylic acids is 2.